The largest absolute Gasteiger partial charge is 0.374 e. The van der Waals surface area contributed by atoms with Gasteiger partial charge in [0.15, 0.2) is 0 Å². The maximum Gasteiger partial charge on any atom is 0.149 e. The molecule has 1 aliphatic carbocycles. The first-order valence-corrected chi connectivity index (χ1v) is 11.1. The number of hydrogen-bond acceptors (Lipinski definition) is 2. The molecule has 0 fully saturated rings. The highest BCUT2D eigenvalue weighted by molar-refractivity contribution is 9.09. The third-order valence-corrected chi connectivity index (χ3v) is 7.15. The van der Waals surface area contributed by atoms with Crippen molar-refractivity contribution in [1.29, 1.82) is 0 Å². The maximum atomic E-state index is 10.6. The van der Waals surface area contributed by atoms with Crippen molar-refractivity contribution in [2.75, 3.05) is 11.9 Å². The summed E-state index contributed by atoms with van der Waals surface area (Å²) in [5, 5.41) is 1.11. The quantitative estimate of drug-likeness (QED) is 0.382. The third kappa shape index (κ3) is 6.11. The molecule has 4 heteroatoms. The molecule has 0 aromatic rings. The lowest BCUT2D eigenvalue weighted by atomic mass is 10.1. The molecule has 0 saturated carbocycles. The monoisotopic (exact) mass is 330 g/mol. The van der Waals surface area contributed by atoms with Crippen LogP contribution in [0.1, 0.15) is 12.8 Å². The predicted octanol–water partition coefficient (Wildman–Crippen LogP) is 3.95. The van der Waals surface area contributed by atoms with Crippen LogP contribution in [0.3, 0.4) is 0 Å². The second-order valence-corrected chi connectivity index (χ2v) is 11.7. The van der Waals surface area contributed by atoms with E-state index in [0.717, 1.165) is 30.2 Å². The van der Waals surface area contributed by atoms with E-state index in [-0.39, 0.29) is 6.10 Å². The number of halogens is 1. The molecule has 2 nitrogen and oxygen atoms in total. The van der Waals surface area contributed by atoms with Crippen LogP contribution in [0.2, 0.25) is 25.2 Å². The van der Waals surface area contributed by atoms with Gasteiger partial charge in [0.05, 0.1) is 6.10 Å². The number of allylic oxidation sites excluding steroid dienone is 2. The molecule has 0 heterocycles. The van der Waals surface area contributed by atoms with E-state index in [2.05, 4.69) is 29.0 Å². The summed E-state index contributed by atoms with van der Waals surface area (Å²) in [5.74, 6) is 0. The Morgan fingerprint density at radius 1 is 1.50 bits per heavy atom. The molecule has 0 spiro atoms. The molecule has 0 N–H and O–H groups in total. The minimum absolute atomic E-state index is 0.162. The zero-order valence-electron chi connectivity index (χ0n) is 11.3. The van der Waals surface area contributed by atoms with Crippen LogP contribution in [0.4, 0.5) is 0 Å². The first-order chi connectivity index (χ1) is 8.57. The summed E-state index contributed by atoms with van der Waals surface area (Å²) in [5.41, 5.74) is 0.766. The van der Waals surface area contributed by atoms with Gasteiger partial charge >= 0.3 is 0 Å². The van der Waals surface area contributed by atoms with Crippen LogP contribution in [0.25, 0.3) is 0 Å². The van der Waals surface area contributed by atoms with Crippen molar-refractivity contribution < 1.29 is 9.53 Å². The Labute approximate surface area is 120 Å². The molecule has 0 amide bonds. The summed E-state index contributed by atoms with van der Waals surface area (Å²) < 4.78 is 5.87. The minimum Gasteiger partial charge on any atom is -0.374 e. The zero-order valence-corrected chi connectivity index (χ0v) is 13.9. The topological polar surface area (TPSA) is 26.3 Å². The van der Waals surface area contributed by atoms with Crippen molar-refractivity contribution in [2.45, 2.75) is 44.1 Å². The average Bonchev–Trinajstić information content (AvgIpc) is 2.37. The molecule has 0 bridgehead atoms. The van der Waals surface area contributed by atoms with Crippen LogP contribution in [-0.2, 0) is 9.53 Å². The number of rotatable bonds is 8. The normalized spacial score (nSPS) is 19.7. The lowest BCUT2D eigenvalue weighted by molar-refractivity contribution is -0.104. The summed E-state index contributed by atoms with van der Waals surface area (Å²) in [7, 11) is -1.08. The first-order valence-electron chi connectivity index (χ1n) is 6.58. The van der Waals surface area contributed by atoms with Crippen LogP contribution < -0.4 is 0 Å². The molecular weight excluding hydrogens is 308 g/mol. The van der Waals surface area contributed by atoms with Crippen LogP contribution >= 0.6 is 15.9 Å². The molecule has 1 atom stereocenters. The average molecular weight is 331 g/mol. The molecule has 0 saturated heterocycles. The zero-order chi connectivity index (χ0) is 13.4. The van der Waals surface area contributed by atoms with Crippen LogP contribution in [-0.4, -0.2) is 32.4 Å². The van der Waals surface area contributed by atoms with E-state index in [1.54, 1.807) is 0 Å². The SMILES string of the molecule is C[Si](C)(CCCBr)CCOC1C=CC(C=O)=CC1. The lowest BCUT2D eigenvalue weighted by Crippen LogP contribution is -2.28. The Morgan fingerprint density at radius 2 is 2.28 bits per heavy atom. The minimum atomic E-state index is -1.08. The summed E-state index contributed by atoms with van der Waals surface area (Å²) in [6.45, 7) is 5.71. The van der Waals surface area contributed by atoms with Crippen molar-refractivity contribution >= 4 is 30.3 Å². The van der Waals surface area contributed by atoms with Crippen LogP contribution in [0.5, 0.6) is 0 Å². The number of carbonyl (C=O) groups excluding carboxylic acids is 1. The van der Waals surface area contributed by atoms with Gasteiger partial charge in [0.2, 0.25) is 0 Å². The van der Waals surface area contributed by atoms with Gasteiger partial charge in [-0.25, -0.2) is 0 Å². The number of hydrogen-bond donors (Lipinski definition) is 0. The van der Waals surface area contributed by atoms with Gasteiger partial charge in [0, 0.05) is 25.6 Å². The Bertz CT molecular complexity index is 324. The van der Waals surface area contributed by atoms with E-state index in [0.29, 0.717) is 0 Å². The van der Waals surface area contributed by atoms with Gasteiger partial charge < -0.3 is 4.74 Å². The highest BCUT2D eigenvalue weighted by atomic mass is 79.9. The van der Waals surface area contributed by atoms with Crippen molar-refractivity contribution in [2.24, 2.45) is 0 Å². The van der Waals surface area contributed by atoms with E-state index >= 15 is 0 Å². The fourth-order valence-electron chi connectivity index (χ4n) is 1.99. The summed E-state index contributed by atoms with van der Waals surface area (Å²) >= 11 is 3.49. The molecule has 0 radical (unpaired) electrons. The van der Waals surface area contributed by atoms with Gasteiger partial charge in [-0.3, -0.25) is 4.79 Å². The molecule has 18 heavy (non-hydrogen) atoms. The lowest BCUT2D eigenvalue weighted by Gasteiger charge is -2.23. The smallest absolute Gasteiger partial charge is 0.149 e. The van der Waals surface area contributed by atoms with E-state index in [1.807, 2.05) is 18.2 Å². The van der Waals surface area contributed by atoms with E-state index in [9.17, 15) is 4.79 Å². The number of carbonyl (C=O) groups is 1. The molecule has 1 unspecified atom stereocenters. The molecular formula is C14H23BrO2Si. The second kappa shape index (κ2) is 8.07. The summed E-state index contributed by atoms with van der Waals surface area (Å²) in [6.07, 6.45) is 8.95. The fraction of sp³-hybridized carbons (Fsp3) is 0.643. The summed E-state index contributed by atoms with van der Waals surface area (Å²) in [4.78, 5) is 10.6. The van der Waals surface area contributed by atoms with Gasteiger partial charge in [0.25, 0.3) is 0 Å². The highest BCUT2D eigenvalue weighted by Gasteiger charge is 2.20. The Morgan fingerprint density at radius 3 is 2.83 bits per heavy atom. The Hall–Kier alpha value is -0.193. The molecule has 1 rings (SSSR count). The fourth-order valence-corrected chi connectivity index (χ4v) is 4.84. The number of ether oxygens (including phenoxy) is 1. The maximum absolute atomic E-state index is 10.6. The van der Waals surface area contributed by atoms with Gasteiger partial charge in [0.1, 0.15) is 6.29 Å². The Balaban J connectivity index is 2.21. The van der Waals surface area contributed by atoms with Crippen molar-refractivity contribution in [3.63, 3.8) is 0 Å². The predicted molar refractivity (Wildman–Crippen MR) is 83.2 cm³/mol. The second-order valence-electron chi connectivity index (χ2n) is 5.53. The number of aldehydes is 1. The molecule has 1 aliphatic rings. The highest BCUT2D eigenvalue weighted by Crippen LogP contribution is 2.19. The van der Waals surface area contributed by atoms with Gasteiger partial charge in [-0.2, -0.15) is 0 Å². The molecule has 0 aliphatic heterocycles. The molecule has 102 valence electrons. The van der Waals surface area contributed by atoms with Crippen molar-refractivity contribution in [1.82, 2.24) is 0 Å². The number of alkyl halides is 1. The molecule has 0 aromatic heterocycles. The van der Waals surface area contributed by atoms with Gasteiger partial charge in [-0.1, -0.05) is 53.3 Å². The van der Waals surface area contributed by atoms with Crippen LogP contribution in [0.15, 0.2) is 23.8 Å². The third-order valence-electron chi connectivity index (χ3n) is 3.32. The van der Waals surface area contributed by atoms with Crippen molar-refractivity contribution in [3.8, 4) is 0 Å². The van der Waals surface area contributed by atoms with Crippen molar-refractivity contribution in [3.05, 3.63) is 23.8 Å². The van der Waals surface area contributed by atoms with E-state index < -0.39 is 8.07 Å². The van der Waals surface area contributed by atoms with E-state index in [4.69, 9.17) is 4.74 Å². The van der Waals surface area contributed by atoms with Gasteiger partial charge in [-0.05, 0) is 18.9 Å². The molecule has 0 aromatic carbocycles. The van der Waals surface area contributed by atoms with Gasteiger partial charge in [-0.15, -0.1) is 0 Å². The standard InChI is InChI=1S/C14H23BrO2Si/c1-18(2,10-3-8-15)11-9-17-14-6-4-13(12-16)5-7-14/h4-6,12,14H,3,7-11H2,1-2H3. The first kappa shape index (κ1) is 15.9. The Kier molecular flexibility index (Phi) is 7.11. The van der Waals surface area contributed by atoms with Crippen LogP contribution in [0, 0.1) is 0 Å². The summed E-state index contributed by atoms with van der Waals surface area (Å²) in [6, 6.07) is 2.58. The van der Waals surface area contributed by atoms with E-state index in [1.165, 1.54) is 18.5 Å².